The van der Waals surface area contributed by atoms with Crippen molar-refractivity contribution in [2.75, 3.05) is 38.6 Å². The molecule has 2 aromatic carbocycles. The SMILES string of the molecule is CO[C@H]1CN(C)C(=O)c2ccc(NS(=O)(=O)c3ccc(C)cc3)cc2OC[C@H](C)N(Cc2nccs2)C[C@H]1C. The lowest BCUT2D eigenvalue weighted by Gasteiger charge is -2.35. The second-order valence-electron chi connectivity index (χ2n) is 10.1. The minimum Gasteiger partial charge on any atom is -0.491 e. The largest absolute Gasteiger partial charge is 0.491 e. The van der Waals surface area contributed by atoms with Crippen LogP contribution in [0.15, 0.2) is 58.9 Å². The molecule has 3 aromatic rings. The number of carbonyl (C=O) groups excluding carboxylic acids is 1. The van der Waals surface area contributed by atoms with Crippen LogP contribution in [0.1, 0.15) is 34.8 Å². The fourth-order valence-electron chi connectivity index (χ4n) is 4.57. The molecule has 9 nitrogen and oxygen atoms in total. The number of anilines is 1. The zero-order chi connectivity index (χ0) is 28.2. The summed E-state index contributed by atoms with van der Waals surface area (Å²) in [6.07, 6.45) is 1.63. The first-order chi connectivity index (χ1) is 18.6. The van der Waals surface area contributed by atoms with Gasteiger partial charge in [-0.15, -0.1) is 11.3 Å². The van der Waals surface area contributed by atoms with E-state index in [9.17, 15) is 13.2 Å². The zero-order valence-corrected chi connectivity index (χ0v) is 24.6. The topological polar surface area (TPSA) is 101 Å². The highest BCUT2D eigenvalue weighted by molar-refractivity contribution is 7.92. The number of aryl methyl sites for hydroxylation is 1. The van der Waals surface area contributed by atoms with E-state index < -0.39 is 10.0 Å². The Morgan fingerprint density at radius 2 is 1.90 bits per heavy atom. The summed E-state index contributed by atoms with van der Waals surface area (Å²) in [7, 11) is -0.411. The molecule has 210 valence electrons. The Morgan fingerprint density at radius 3 is 2.56 bits per heavy atom. The summed E-state index contributed by atoms with van der Waals surface area (Å²) in [5.41, 5.74) is 1.64. The highest BCUT2D eigenvalue weighted by Crippen LogP contribution is 2.28. The van der Waals surface area contributed by atoms with Crippen molar-refractivity contribution in [3.05, 3.63) is 70.2 Å². The second-order valence-corrected chi connectivity index (χ2v) is 12.7. The molecule has 1 aliphatic rings. The fourth-order valence-corrected chi connectivity index (χ4v) is 6.26. The van der Waals surface area contributed by atoms with Crippen LogP contribution in [0.3, 0.4) is 0 Å². The van der Waals surface area contributed by atoms with E-state index >= 15 is 0 Å². The first kappa shape index (κ1) is 29.0. The molecule has 2 heterocycles. The van der Waals surface area contributed by atoms with E-state index in [-0.39, 0.29) is 28.9 Å². The van der Waals surface area contributed by atoms with Gasteiger partial charge in [-0.1, -0.05) is 24.6 Å². The Kier molecular flexibility index (Phi) is 9.27. The number of sulfonamides is 1. The minimum atomic E-state index is -3.82. The molecular formula is C28H36N4O5S2. The molecule has 11 heteroatoms. The van der Waals surface area contributed by atoms with Crippen LogP contribution in [0.25, 0.3) is 0 Å². The highest BCUT2D eigenvalue weighted by Gasteiger charge is 2.29. The predicted molar refractivity (Wildman–Crippen MR) is 153 cm³/mol. The highest BCUT2D eigenvalue weighted by atomic mass is 32.2. The van der Waals surface area contributed by atoms with Gasteiger partial charge in [0.2, 0.25) is 0 Å². The average molecular weight is 573 g/mol. The van der Waals surface area contributed by atoms with Crippen LogP contribution in [0.4, 0.5) is 5.69 Å². The van der Waals surface area contributed by atoms with Crippen LogP contribution >= 0.6 is 11.3 Å². The molecule has 0 saturated heterocycles. The Bertz CT molecular complexity index is 1360. The summed E-state index contributed by atoms with van der Waals surface area (Å²) in [6.45, 7) is 8.19. The molecule has 3 atom stereocenters. The van der Waals surface area contributed by atoms with E-state index in [1.165, 1.54) is 0 Å². The number of nitrogens with one attached hydrogen (secondary N) is 1. The van der Waals surface area contributed by atoms with Crippen molar-refractivity contribution in [3.8, 4) is 5.75 Å². The van der Waals surface area contributed by atoms with Gasteiger partial charge in [0.15, 0.2) is 0 Å². The van der Waals surface area contributed by atoms with Gasteiger partial charge in [0, 0.05) is 50.9 Å². The second kappa shape index (κ2) is 12.5. The number of hydrogen-bond acceptors (Lipinski definition) is 8. The molecule has 0 radical (unpaired) electrons. The molecule has 1 aliphatic heterocycles. The molecule has 1 N–H and O–H groups in total. The Labute approximate surface area is 234 Å². The third-order valence-corrected chi connectivity index (χ3v) is 9.14. The van der Waals surface area contributed by atoms with Gasteiger partial charge in [0.05, 0.1) is 28.8 Å². The number of aromatic nitrogens is 1. The summed E-state index contributed by atoms with van der Waals surface area (Å²) in [5.74, 6) is 0.241. The zero-order valence-electron chi connectivity index (χ0n) is 23.0. The third-order valence-electron chi connectivity index (χ3n) is 6.98. The Morgan fingerprint density at radius 1 is 1.15 bits per heavy atom. The maximum absolute atomic E-state index is 13.5. The monoisotopic (exact) mass is 572 g/mol. The van der Waals surface area contributed by atoms with E-state index in [1.807, 2.05) is 12.3 Å². The summed E-state index contributed by atoms with van der Waals surface area (Å²) in [6, 6.07) is 11.4. The van der Waals surface area contributed by atoms with E-state index in [0.717, 1.165) is 17.1 Å². The standard InChI is InChI=1S/C28H36N4O5S2/c1-19-6-9-23(10-7-19)39(34,35)30-22-8-11-24-25(14-22)37-18-21(3)32(17-27-29-12-13-38-27)15-20(2)26(36-5)16-31(4)28(24)33/h6-14,20-21,26,30H,15-18H2,1-5H3/t20-,21+,26+/m1/s1. The number of ether oxygens (including phenoxy) is 2. The quantitative estimate of drug-likeness (QED) is 0.471. The average Bonchev–Trinajstić information content (AvgIpc) is 3.42. The van der Waals surface area contributed by atoms with Crippen molar-refractivity contribution in [2.45, 2.75) is 44.4 Å². The smallest absolute Gasteiger partial charge is 0.261 e. The van der Waals surface area contributed by atoms with Crippen molar-refractivity contribution < 1.29 is 22.7 Å². The van der Waals surface area contributed by atoms with Crippen LogP contribution in [-0.4, -0.2) is 75.1 Å². The number of rotatable bonds is 6. The third kappa shape index (κ3) is 7.16. The fraction of sp³-hybridized carbons (Fsp3) is 0.429. The van der Waals surface area contributed by atoms with Gasteiger partial charge in [-0.25, -0.2) is 13.4 Å². The number of benzene rings is 2. The van der Waals surface area contributed by atoms with Gasteiger partial charge in [0.25, 0.3) is 15.9 Å². The number of hydrogen-bond donors (Lipinski definition) is 1. The number of carbonyl (C=O) groups is 1. The van der Waals surface area contributed by atoms with Gasteiger partial charge in [-0.2, -0.15) is 0 Å². The number of thiazole rings is 1. The summed E-state index contributed by atoms with van der Waals surface area (Å²) < 4.78 is 40.7. The molecular weight excluding hydrogens is 536 g/mol. The van der Waals surface area contributed by atoms with E-state index in [4.69, 9.17) is 9.47 Å². The number of likely N-dealkylation sites (N-methyl/N-ethyl adjacent to an activating group) is 1. The van der Waals surface area contributed by atoms with Crippen molar-refractivity contribution in [3.63, 3.8) is 0 Å². The molecule has 39 heavy (non-hydrogen) atoms. The number of amides is 1. The van der Waals surface area contributed by atoms with Crippen molar-refractivity contribution in [1.82, 2.24) is 14.8 Å². The first-order valence-electron chi connectivity index (χ1n) is 12.8. The number of fused-ring (bicyclic) bond motifs is 1. The lowest BCUT2D eigenvalue weighted by Crippen LogP contribution is -2.46. The van der Waals surface area contributed by atoms with Gasteiger partial charge < -0.3 is 14.4 Å². The van der Waals surface area contributed by atoms with Crippen LogP contribution < -0.4 is 9.46 Å². The Hall–Kier alpha value is -2.99. The molecule has 1 amide bonds. The summed E-state index contributed by atoms with van der Waals surface area (Å²) in [5, 5.41) is 2.97. The maximum atomic E-state index is 13.5. The first-order valence-corrected chi connectivity index (χ1v) is 15.2. The van der Waals surface area contributed by atoms with Crippen LogP contribution in [0.5, 0.6) is 5.75 Å². The predicted octanol–water partition coefficient (Wildman–Crippen LogP) is 4.26. The van der Waals surface area contributed by atoms with Gasteiger partial charge in [0.1, 0.15) is 17.4 Å². The van der Waals surface area contributed by atoms with Crippen LogP contribution in [0, 0.1) is 12.8 Å². The molecule has 0 saturated carbocycles. The summed E-state index contributed by atoms with van der Waals surface area (Å²) in [4.78, 5) is 22.0. The van der Waals surface area contributed by atoms with Crippen LogP contribution in [-0.2, 0) is 21.3 Å². The van der Waals surface area contributed by atoms with E-state index in [0.29, 0.717) is 36.7 Å². The lowest BCUT2D eigenvalue weighted by atomic mass is 10.0. The van der Waals surface area contributed by atoms with Crippen LogP contribution in [0.2, 0.25) is 0 Å². The molecule has 0 bridgehead atoms. The molecule has 1 aromatic heterocycles. The van der Waals surface area contributed by atoms with E-state index in [2.05, 4.69) is 28.5 Å². The molecule has 0 aliphatic carbocycles. The van der Waals surface area contributed by atoms with Crippen molar-refractivity contribution in [2.24, 2.45) is 5.92 Å². The number of nitrogens with zero attached hydrogens (tertiary/aromatic N) is 3. The minimum absolute atomic E-state index is 0.0122. The van der Waals surface area contributed by atoms with Crippen molar-refractivity contribution in [1.29, 1.82) is 0 Å². The number of methoxy groups -OCH3 is 1. The van der Waals surface area contributed by atoms with Gasteiger partial charge in [-0.3, -0.25) is 14.4 Å². The normalized spacial score (nSPS) is 21.4. The van der Waals surface area contributed by atoms with Gasteiger partial charge in [-0.05, 0) is 44.0 Å². The Balaban J connectivity index is 1.65. The lowest BCUT2D eigenvalue weighted by molar-refractivity contribution is 0.00921. The van der Waals surface area contributed by atoms with Crippen molar-refractivity contribution >= 4 is 33.0 Å². The summed E-state index contributed by atoms with van der Waals surface area (Å²) >= 11 is 1.61. The maximum Gasteiger partial charge on any atom is 0.261 e. The van der Waals surface area contributed by atoms with Gasteiger partial charge >= 0.3 is 0 Å². The van der Waals surface area contributed by atoms with E-state index in [1.54, 1.807) is 79.1 Å². The molecule has 0 spiro atoms. The molecule has 0 fully saturated rings. The molecule has 4 rings (SSSR count). The molecule has 0 unspecified atom stereocenters.